The van der Waals surface area contributed by atoms with Crippen molar-refractivity contribution in [1.82, 2.24) is 15.0 Å². The maximum atomic E-state index is 12.0. The quantitative estimate of drug-likeness (QED) is 0.650. The molecule has 1 aliphatic heterocycles. The zero-order valence-corrected chi connectivity index (χ0v) is 10.3. The van der Waals surface area contributed by atoms with Crippen LogP contribution in [0.2, 0.25) is 0 Å². The van der Waals surface area contributed by atoms with E-state index < -0.39 is 15.5 Å². The van der Waals surface area contributed by atoms with Gasteiger partial charge in [-0.25, -0.2) is 13.1 Å². The molecule has 2 rings (SSSR count). The molecule has 18 heavy (non-hydrogen) atoms. The maximum absolute atomic E-state index is 12.0. The van der Waals surface area contributed by atoms with Crippen LogP contribution in [0.4, 0.5) is 0 Å². The summed E-state index contributed by atoms with van der Waals surface area (Å²) < 4.78 is 26.3. The Morgan fingerprint density at radius 3 is 2.72 bits per heavy atom. The lowest BCUT2D eigenvalue weighted by Gasteiger charge is -2.23. The Hall–Kier alpha value is -1.67. The molecule has 98 valence electrons. The van der Waals surface area contributed by atoms with Crippen LogP contribution in [0, 0.1) is 0 Å². The van der Waals surface area contributed by atoms with E-state index in [4.69, 9.17) is 0 Å². The van der Waals surface area contributed by atoms with Crippen molar-refractivity contribution in [2.45, 2.75) is 23.8 Å². The lowest BCUT2D eigenvalue weighted by molar-refractivity contribution is -0.122. The SMILES string of the molecule is O=C1CCC(NS(=O)(=O)c2c[nH]ccc2=O)CN1. The first kappa shape index (κ1) is 12.8. The fourth-order valence-electron chi connectivity index (χ4n) is 1.73. The van der Waals surface area contributed by atoms with Gasteiger partial charge in [-0.3, -0.25) is 9.59 Å². The average Bonchev–Trinajstić information content (AvgIpc) is 2.32. The van der Waals surface area contributed by atoms with Gasteiger partial charge in [-0.1, -0.05) is 0 Å². The van der Waals surface area contributed by atoms with Gasteiger partial charge in [-0.05, 0) is 6.42 Å². The van der Waals surface area contributed by atoms with E-state index in [-0.39, 0.29) is 29.8 Å². The lowest BCUT2D eigenvalue weighted by Crippen LogP contribution is -2.48. The first-order valence-corrected chi connectivity index (χ1v) is 6.93. The van der Waals surface area contributed by atoms with Crippen LogP contribution in [0.3, 0.4) is 0 Å². The molecule has 1 saturated heterocycles. The summed E-state index contributed by atoms with van der Waals surface area (Å²) in [6, 6.07) is 0.768. The van der Waals surface area contributed by atoms with Crippen molar-refractivity contribution in [3.63, 3.8) is 0 Å². The summed E-state index contributed by atoms with van der Waals surface area (Å²) in [6.07, 6.45) is 3.21. The first-order chi connectivity index (χ1) is 8.49. The first-order valence-electron chi connectivity index (χ1n) is 5.45. The van der Waals surface area contributed by atoms with Gasteiger partial charge in [0.15, 0.2) is 0 Å². The number of aromatic amines is 1. The van der Waals surface area contributed by atoms with Gasteiger partial charge < -0.3 is 10.3 Å². The van der Waals surface area contributed by atoms with Crippen molar-refractivity contribution >= 4 is 15.9 Å². The summed E-state index contributed by atoms with van der Waals surface area (Å²) in [5.74, 6) is -0.0944. The van der Waals surface area contributed by atoms with Gasteiger partial charge >= 0.3 is 0 Å². The molecule has 3 N–H and O–H groups in total. The highest BCUT2D eigenvalue weighted by Crippen LogP contribution is 2.07. The van der Waals surface area contributed by atoms with Gasteiger partial charge in [0.1, 0.15) is 4.90 Å². The Bertz CT molecular complexity index is 598. The molecule has 1 unspecified atom stereocenters. The van der Waals surface area contributed by atoms with Gasteiger partial charge in [0, 0.05) is 37.5 Å². The van der Waals surface area contributed by atoms with E-state index in [1.165, 1.54) is 6.20 Å². The Morgan fingerprint density at radius 1 is 1.33 bits per heavy atom. The van der Waals surface area contributed by atoms with Gasteiger partial charge in [0.05, 0.1) is 0 Å². The number of piperidine rings is 1. The van der Waals surface area contributed by atoms with Crippen LogP contribution in [0.25, 0.3) is 0 Å². The molecule has 1 atom stereocenters. The topological polar surface area (TPSA) is 108 Å². The molecule has 1 aliphatic rings. The molecule has 2 heterocycles. The highest BCUT2D eigenvalue weighted by atomic mass is 32.2. The Morgan fingerprint density at radius 2 is 2.11 bits per heavy atom. The molecule has 0 saturated carbocycles. The average molecular weight is 271 g/mol. The van der Waals surface area contributed by atoms with Crippen LogP contribution >= 0.6 is 0 Å². The second-order valence-corrected chi connectivity index (χ2v) is 5.72. The van der Waals surface area contributed by atoms with Crippen molar-refractivity contribution in [1.29, 1.82) is 0 Å². The molecule has 0 aliphatic carbocycles. The predicted molar refractivity (Wildman–Crippen MR) is 63.4 cm³/mol. The van der Waals surface area contributed by atoms with Gasteiger partial charge in [-0.15, -0.1) is 0 Å². The number of H-pyrrole nitrogens is 1. The molecule has 7 nitrogen and oxygen atoms in total. The highest BCUT2D eigenvalue weighted by molar-refractivity contribution is 7.89. The second-order valence-electron chi connectivity index (χ2n) is 4.03. The van der Waals surface area contributed by atoms with Crippen molar-refractivity contribution < 1.29 is 13.2 Å². The van der Waals surface area contributed by atoms with E-state index in [0.717, 1.165) is 12.3 Å². The zero-order chi connectivity index (χ0) is 13.2. The number of nitrogens with one attached hydrogen (secondary N) is 3. The summed E-state index contributed by atoms with van der Waals surface area (Å²) in [6.45, 7) is 0.239. The predicted octanol–water partition coefficient (Wildman–Crippen LogP) is -1.07. The second kappa shape index (κ2) is 4.91. The Labute approximate surface area is 104 Å². The molecule has 0 spiro atoms. The normalized spacial score (nSPS) is 20.4. The van der Waals surface area contributed by atoms with Crippen molar-refractivity contribution in [3.8, 4) is 0 Å². The van der Waals surface area contributed by atoms with E-state index in [1.807, 2.05) is 0 Å². The van der Waals surface area contributed by atoms with E-state index in [9.17, 15) is 18.0 Å². The zero-order valence-electron chi connectivity index (χ0n) is 9.47. The molecule has 0 bridgehead atoms. The molecule has 8 heteroatoms. The minimum atomic E-state index is -3.85. The van der Waals surface area contributed by atoms with E-state index in [2.05, 4.69) is 15.0 Å². The van der Waals surface area contributed by atoms with Gasteiger partial charge in [-0.2, -0.15) is 0 Å². The Kier molecular flexibility index (Phi) is 3.48. The minimum Gasteiger partial charge on any atom is -0.366 e. The number of aromatic nitrogens is 1. The van der Waals surface area contributed by atoms with Crippen LogP contribution in [0.15, 0.2) is 28.2 Å². The lowest BCUT2D eigenvalue weighted by atomic mass is 10.1. The van der Waals surface area contributed by atoms with Crippen LogP contribution in [-0.4, -0.2) is 31.9 Å². The summed E-state index contributed by atoms with van der Waals surface area (Å²) >= 11 is 0. The number of carbonyl (C=O) groups excluding carboxylic acids is 1. The van der Waals surface area contributed by atoms with Crippen molar-refractivity contribution in [3.05, 3.63) is 28.7 Å². The number of sulfonamides is 1. The Balaban J connectivity index is 2.16. The summed E-state index contributed by atoms with van der Waals surface area (Å²) in [5.41, 5.74) is -0.568. The third-order valence-electron chi connectivity index (χ3n) is 2.67. The minimum absolute atomic E-state index is 0.0944. The number of carbonyl (C=O) groups is 1. The largest absolute Gasteiger partial charge is 0.366 e. The van der Waals surface area contributed by atoms with Crippen LogP contribution in [0.5, 0.6) is 0 Å². The van der Waals surface area contributed by atoms with Gasteiger partial charge in [0.25, 0.3) is 0 Å². The molecule has 1 aromatic heterocycles. The standard InChI is InChI=1S/C10H13N3O4S/c14-8-3-4-11-6-9(8)18(16,17)13-7-1-2-10(15)12-5-7/h3-4,6-7,13H,1-2,5H2,(H,11,14)(H,12,15). The fourth-order valence-corrected chi connectivity index (χ4v) is 3.05. The maximum Gasteiger partial charge on any atom is 0.246 e. The molecule has 1 aromatic rings. The molecule has 1 fully saturated rings. The molecule has 0 aromatic carbocycles. The summed E-state index contributed by atoms with van der Waals surface area (Å²) in [7, 11) is -3.85. The number of hydrogen-bond donors (Lipinski definition) is 3. The van der Waals surface area contributed by atoms with Crippen LogP contribution < -0.4 is 15.5 Å². The molecular weight excluding hydrogens is 258 g/mol. The third kappa shape index (κ3) is 2.77. The molecule has 0 radical (unpaired) electrons. The number of hydrogen-bond acceptors (Lipinski definition) is 4. The van der Waals surface area contributed by atoms with E-state index >= 15 is 0 Å². The van der Waals surface area contributed by atoms with Gasteiger partial charge in [0.2, 0.25) is 21.4 Å². The van der Waals surface area contributed by atoms with Crippen LogP contribution in [0.1, 0.15) is 12.8 Å². The van der Waals surface area contributed by atoms with E-state index in [0.29, 0.717) is 6.42 Å². The molecule has 1 amide bonds. The number of pyridine rings is 1. The highest BCUT2D eigenvalue weighted by Gasteiger charge is 2.25. The summed E-state index contributed by atoms with van der Waals surface area (Å²) in [4.78, 5) is 24.7. The third-order valence-corrected chi connectivity index (χ3v) is 4.21. The summed E-state index contributed by atoms with van der Waals surface area (Å²) in [5, 5.41) is 2.57. The smallest absolute Gasteiger partial charge is 0.246 e. The van der Waals surface area contributed by atoms with Crippen molar-refractivity contribution in [2.24, 2.45) is 0 Å². The monoisotopic (exact) mass is 271 g/mol. The van der Waals surface area contributed by atoms with Crippen molar-refractivity contribution in [2.75, 3.05) is 6.54 Å². The fraction of sp³-hybridized carbons (Fsp3) is 0.400. The van der Waals surface area contributed by atoms with Crippen LogP contribution in [-0.2, 0) is 14.8 Å². The molecular formula is C10H13N3O4S. The number of rotatable bonds is 3. The number of amides is 1. The van der Waals surface area contributed by atoms with E-state index in [1.54, 1.807) is 0 Å².